The first kappa shape index (κ1) is 19.0. The van der Waals surface area contributed by atoms with Crippen LogP contribution in [-0.4, -0.2) is 15.9 Å². The molecule has 0 bridgehead atoms. The Balaban J connectivity index is 2.00. The molecule has 0 aliphatic carbocycles. The molecule has 0 aliphatic heterocycles. The minimum Gasteiger partial charge on any atom is -0.494 e. The number of hydrogen-bond acceptors (Lipinski definition) is 3. The number of halogens is 1. The molecule has 3 aromatic carbocycles. The number of aryl methyl sites for hydroxylation is 2. The van der Waals surface area contributed by atoms with Crippen molar-refractivity contribution in [3.63, 3.8) is 0 Å². The van der Waals surface area contributed by atoms with E-state index in [0.29, 0.717) is 32.7 Å². The number of rotatable bonds is 3. The second-order valence-corrected chi connectivity index (χ2v) is 7.39. The summed E-state index contributed by atoms with van der Waals surface area (Å²) in [5, 5.41) is 12.8. The van der Waals surface area contributed by atoms with Gasteiger partial charge in [-0.05, 0) is 49.7 Å². The van der Waals surface area contributed by atoms with Crippen LogP contribution in [0.25, 0.3) is 16.5 Å². The Hall–Kier alpha value is -3.37. The number of pyridine rings is 1. The zero-order valence-corrected chi connectivity index (χ0v) is 16.8. The summed E-state index contributed by atoms with van der Waals surface area (Å²) < 4.78 is 1.34. The lowest BCUT2D eigenvalue weighted by atomic mass is 10.1. The fraction of sp³-hybridized carbons (Fsp3) is 0.0833. The van der Waals surface area contributed by atoms with Crippen LogP contribution in [0.15, 0.2) is 76.5 Å². The van der Waals surface area contributed by atoms with Gasteiger partial charge in [0, 0.05) is 22.0 Å². The second kappa shape index (κ2) is 7.57. The fourth-order valence-electron chi connectivity index (χ4n) is 3.46. The van der Waals surface area contributed by atoms with Gasteiger partial charge in [0.2, 0.25) is 5.88 Å². The zero-order valence-electron chi connectivity index (χ0n) is 16.1. The Bertz CT molecular complexity index is 1320. The summed E-state index contributed by atoms with van der Waals surface area (Å²) in [6, 6.07) is 20.1. The molecule has 0 aliphatic rings. The number of hydrogen-bond donors (Lipinski definition) is 1. The van der Waals surface area contributed by atoms with Gasteiger partial charge >= 0.3 is 0 Å². The van der Waals surface area contributed by atoms with E-state index in [9.17, 15) is 9.90 Å². The van der Waals surface area contributed by atoms with Gasteiger partial charge in [-0.1, -0.05) is 53.6 Å². The molecule has 0 saturated heterocycles. The van der Waals surface area contributed by atoms with E-state index in [1.54, 1.807) is 24.4 Å². The summed E-state index contributed by atoms with van der Waals surface area (Å²) >= 11 is 6.04. The van der Waals surface area contributed by atoms with Crippen LogP contribution < -0.4 is 5.56 Å². The molecule has 0 fully saturated rings. The highest BCUT2D eigenvalue weighted by Crippen LogP contribution is 2.28. The fourth-order valence-corrected chi connectivity index (χ4v) is 3.65. The largest absolute Gasteiger partial charge is 0.494 e. The molecule has 0 unspecified atom stereocenters. The highest BCUT2D eigenvalue weighted by atomic mass is 35.5. The van der Waals surface area contributed by atoms with Crippen LogP contribution in [0.5, 0.6) is 5.88 Å². The molecule has 0 radical (unpaired) electrons. The first-order valence-electron chi connectivity index (χ1n) is 9.19. The molecular weight excluding hydrogens is 384 g/mol. The Morgan fingerprint density at radius 3 is 2.45 bits per heavy atom. The number of aromatic nitrogens is 1. The van der Waals surface area contributed by atoms with Crippen LogP contribution in [0.1, 0.15) is 16.7 Å². The number of nitrogens with zero attached hydrogens (tertiary/aromatic N) is 2. The number of fused-ring (bicyclic) bond motifs is 1. The van der Waals surface area contributed by atoms with E-state index in [1.165, 1.54) is 4.57 Å². The van der Waals surface area contributed by atoms with Crippen molar-refractivity contribution in [2.45, 2.75) is 13.8 Å². The minimum absolute atomic E-state index is 0.147. The van der Waals surface area contributed by atoms with Crippen molar-refractivity contribution in [2.24, 2.45) is 4.99 Å². The molecule has 0 atom stereocenters. The molecule has 1 N–H and O–H groups in total. The molecule has 144 valence electrons. The third-order valence-electron chi connectivity index (χ3n) is 4.85. The van der Waals surface area contributed by atoms with E-state index in [4.69, 9.17) is 11.6 Å². The molecular formula is C24H19ClN2O2. The third-order valence-corrected chi connectivity index (χ3v) is 5.08. The molecule has 4 aromatic rings. The van der Waals surface area contributed by atoms with Crippen LogP contribution in [0.4, 0.5) is 5.69 Å². The van der Waals surface area contributed by atoms with Crippen molar-refractivity contribution in [3.8, 4) is 11.6 Å². The first-order valence-corrected chi connectivity index (χ1v) is 9.57. The smallest absolute Gasteiger partial charge is 0.265 e. The topological polar surface area (TPSA) is 54.6 Å². The molecule has 1 heterocycles. The number of benzene rings is 3. The lowest BCUT2D eigenvalue weighted by Gasteiger charge is -2.16. The molecule has 4 rings (SSSR count). The molecule has 0 amide bonds. The Kier molecular flexibility index (Phi) is 4.95. The predicted molar refractivity (Wildman–Crippen MR) is 119 cm³/mol. The monoisotopic (exact) mass is 402 g/mol. The molecule has 0 spiro atoms. The quantitative estimate of drug-likeness (QED) is 0.446. The van der Waals surface area contributed by atoms with Gasteiger partial charge in [-0.25, -0.2) is 4.57 Å². The van der Waals surface area contributed by atoms with E-state index < -0.39 is 0 Å². The molecule has 5 heteroatoms. The molecule has 0 saturated carbocycles. The number of aromatic hydroxyl groups is 1. The first-order chi connectivity index (χ1) is 14.0. The highest BCUT2D eigenvalue weighted by molar-refractivity contribution is 6.30. The molecule has 1 aromatic heterocycles. The van der Waals surface area contributed by atoms with Gasteiger partial charge < -0.3 is 5.11 Å². The summed E-state index contributed by atoms with van der Waals surface area (Å²) in [6.07, 6.45) is 1.57. The molecule has 29 heavy (non-hydrogen) atoms. The van der Waals surface area contributed by atoms with Gasteiger partial charge in [0.05, 0.1) is 16.9 Å². The van der Waals surface area contributed by atoms with Crippen LogP contribution >= 0.6 is 11.6 Å². The van der Waals surface area contributed by atoms with Crippen LogP contribution in [0.2, 0.25) is 5.02 Å². The van der Waals surface area contributed by atoms with Crippen molar-refractivity contribution in [2.75, 3.05) is 0 Å². The van der Waals surface area contributed by atoms with E-state index >= 15 is 0 Å². The second-order valence-electron chi connectivity index (χ2n) is 6.95. The van der Waals surface area contributed by atoms with Gasteiger partial charge in [-0.15, -0.1) is 0 Å². The SMILES string of the molecule is Cc1ccc(-n2c(O)c(C=Nc3cccc(Cl)c3)c3ccccc3c2=O)c(C)c1. The van der Waals surface area contributed by atoms with Crippen molar-refractivity contribution in [1.29, 1.82) is 0 Å². The Morgan fingerprint density at radius 2 is 1.72 bits per heavy atom. The predicted octanol–water partition coefficient (Wildman–Crippen LogP) is 5.72. The van der Waals surface area contributed by atoms with Crippen LogP contribution in [0, 0.1) is 13.8 Å². The Labute approximate surface area is 173 Å². The summed E-state index contributed by atoms with van der Waals surface area (Å²) in [5.74, 6) is -0.147. The van der Waals surface area contributed by atoms with Crippen molar-refractivity contribution in [3.05, 3.63) is 98.8 Å². The van der Waals surface area contributed by atoms with E-state index in [2.05, 4.69) is 4.99 Å². The lowest BCUT2D eigenvalue weighted by molar-refractivity contribution is 0.436. The summed E-state index contributed by atoms with van der Waals surface area (Å²) in [4.78, 5) is 17.7. The number of aliphatic imine (C=N–C) groups is 1. The van der Waals surface area contributed by atoms with E-state index in [1.807, 2.05) is 62.4 Å². The average molecular weight is 403 g/mol. The zero-order chi connectivity index (χ0) is 20.5. The van der Waals surface area contributed by atoms with Gasteiger partial charge in [0.15, 0.2) is 0 Å². The van der Waals surface area contributed by atoms with Crippen LogP contribution in [-0.2, 0) is 0 Å². The van der Waals surface area contributed by atoms with Crippen molar-refractivity contribution in [1.82, 2.24) is 4.57 Å². The van der Waals surface area contributed by atoms with Gasteiger partial charge in [0.1, 0.15) is 0 Å². The van der Waals surface area contributed by atoms with Gasteiger partial charge in [-0.2, -0.15) is 0 Å². The maximum atomic E-state index is 13.2. The average Bonchev–Trinajstić information content (AvgIpc) is 2.69. The van der Waals surface area contributed by atoms with Crippen molar-refractivity contribution < 1.29 is 5.11 Å². The van der Waals surface area contributed by atoms with Gasteiger partial charge in [-0.3, -0.25) is 9.79 Å². The summed E-state index contributed by atoms with van der Waals surface area (Å²) in [7, 11) is 0. The minimum atomic E-state index is -0.273. The maximum Gasteiger partial charge on any atom is 0.265 e. The van der Waals surface area contributed by atoms with Crippen molar-refractivity contribution >= 4 is 34.3 Å². The maximum absolute atomic E-state index is 13.2. The summed E-state index contributed by atoms with van der Waals surface area (Å²) in [5.41, 5.74) is 3.48. The third kappa shape index (κ3) is 3.55. The summed E-state index contributed by atoms with van der Waals surface area (Å²) in [6.45, 7) is 3.91. The highest BCUT2D eigenvalue weighted by Gasteiger charge is 2.17. The lowest BCUT2D eigenvalue weighted by Crippen LogP contribution is -2.21. The van der Waals surface area contributed by atoms with Gasteiger partial charge in [0.25, 0.3) is 5.56 Å². The van der Waals surface area contributed by atoms with E-state index in [0.717, 1.165) is 11.1 Å². The molecule has 4 nitrogen and oxygen atoms in total. The van der Waals surface area contributed by atoms with E-state index in [-0.39, 0.29) is 11.4 Å². The normalized spacial score (nSPS) is 11.4. The van der Waals surface area contributed by atoms with Crippen LogP contribution in [0.3, 0.4) is 0 Å². The standard InChI is InChI=1S/C24H19ClN2O2/c1-15-10-11-22(16(2)12-15)27-23(28)20-9-4-3-8-19(20)21(24(27)29)14-26-18-7-5-6-17(25)13-18/h3-14,29H,1-2H3. The Morgan fingerprint density at radius 1 is 0.966 bits per heavy atom.